The Bertz CT molecular complexity index is 1110. The first kappa shape index (κ1) is 40.8. The van der Waals surface area contributed by atoms with E-state index in [9.17, 15) is 31.8 Å². The van der Waals surface area contributed by atoms with Crippen molar-refractivity contribution >= 4 is 25.9 Å². The summed E-state index contributed by atoms with van der Waals surface area (Å²) >= 11 is 0. The van der Waals surface area contributed by atoms with Gasteiger partial charge >= 0.3 is 32.1 Å². The van der Waals surface area contributed by atoms with Crippen molar-refractivity contribution in [2.75, 3.05) is 0 Å². The maximum absolute atomic E-state index is 10.7. The van der Waals surface area contributed by atoms with E-state index in [1.54, 1.807) is 6.08 Å². The summed E-state index contributed by atoms with van der Waals surface area (Å²) in [6, 6.07) is 10.1. The molecule has 0 saturated heterocycles. The van der Waals surface area contributed by atoms with Crippen molar-refractivity contribution in [1.82, 2.24) is 0 Å². The fourth-order valence-electron chi connectivity index (χ4n) is 1.98. The van der Waals surface area contributed by atoms with Crippen LogP contribution in [0.2, 0.25) is 0 Å². The van der Waals surface area contributed by atoms with E-state index in [1.165, 1.54) is 5.56 Å². The molecule has 0 atom stereocenters. The Morgan fingerprint density at radius 3 is 1.34 bits per heavy atom. The zero-order chi connectivity index (χ0) is 30.1. The second kappa shape index (κ2) is 15.2. The van der Waals surface area contributed by atoms with Gasteiger partial charge in [-0.25, -0.2) is 16.8 Å². The molecule has 0 saturated carbocycles. The Morgan fingerprint density at radius 1 is 0.816 bits per heavy atom. The first-order valence-electron chi connectivity index (χ1n) is 9.79. The van der Waals surface area contributed by atoms with Gasteiger partial charge in [0.05, 0.1) is 6.08 Å². The number of hydrogen-bond donors (Lipinski definition) is 0. The maximum Gasteiger partial charge on any atom is 2.00 e. The number of halogens is 6. The topological polar surface area (TPSA) is 137 Å². The monoisotopic (exact) mass is 675 g/mol. The van der Waals surface area contributed by atoms with Gasteiger partial charge in [0.1, 0.15) is 0 Å². The van der Waals surface area contributed by atoms with Crippen molar-refractivity contribution in [3.8, 4) is 0 Å². The molecule has 0 spiro atoms. The average Bonchev–Trinajstić information content (AvgIpc) is 2.66. The van der Waals surface area contributed by atoms with Crippen molar-refractivity contribution in [3.05, 3.63) is 78.5 Å². The first-order valence-corrected chi connectivity index (χ1v) is 12.6. The van der Waals surface area contributed by atoms with Crippen LogP contribution in [0.1, 0.15) is 40.2 Å². The SMILES string of the molecule is CC(C)(C)C1=C[CH+]C=CC1=[N-].O=S(=O)([O-])C(F)(F)F.O=S(=O)([O-])C(F)(F)F.[CH]C(C)(C)c1ccccc1.[Mo+2]. The number of nitrogens with zero attached hydrogens (tertiary/aromatic N) is 1. The molecule has 0 aromatic heterocycles. The van der Waals surface area contributed by atoms with Gasteiger partial charge in [-0.15, -0.1) is 0 Å². The van der Waals surface area contributed by atoms with Gasteiger partial charge in [-0.3, -0.25) is 0 Å². The first-order chi connectivity index (χ1) is 16.1. The van der Waals surface area contributed by atoms with Crippen molar-refractivity contribution < 1.29 is 73.3 Å². The number of rotatable bonds is 1. The molecule has 38 heavy (non-hydrogen) atoms. The average molecular weight is 674 g/mol. The van der Waals surface area contributed by atoms with Crippen LogP contribution in [-0.2, 0) is 46.7 Å². The van der Waals surface area contributed by atoms with Crippen molar-refractivity contribution in [2.24, 2.45) is 5.41 Å². The van der Waals surface area contributed by atoms with E-state index in [0.717, 1.165) is 5.57 Å². The molecule has 0 unspecified atom stereocenters. The molecule has 0 fully saturated rings. The third-order valence-electron chi connectivity index (χ3n) is 3.80. The molecule has 7 nitrogen and oxygen atoms in total. The molecule has 1 aromatic carbocycles. The molecule has 0 aliphatic heterocycles. The van der Waals surface area contributed by atoms with Crippen LogP contribution in [0.4, 0.5) is 26.3 Å². The normalized spacial score (nSPS) is 14.1. The molecule has 0 bridgehead atoms. The third-order valence-corrected chi connectivity index (χ3v) is 4.93. The van der Waals surface area contributed by atoms with Gasteiger partial charge in [0.25, 0.3) is 0 Å². The molecule has 0 heterocycles. The number of allylic oxidation sites excluding steroid dienone is 4. The molecule has 0 amide bonds. The number of benzene rings is 1. The molecular weight excluding hydrogens is 648 g/mol. The minimum atomic E-state index is -6.09. The van der Waals surface area contributed by atoms with Crippen LogP contribution < -0.4 is 0 Å². The Labute approximate surface area is 233 Å². The van der Waals surface area contributed by atoms with Gasteiger partial charge in [0, 0.05) is 29.6 Å². The molecule has 16 heteroatoms. The zero-order valence-corrected chi connectivity index (χ0v) is 24.3. The summed E-state index contributed by atoms with van der Waals surface area (Å²) in [5.41, 5.74) is -8.90. The van der Waals surface area contributed by atoms with Crippen LogP contribution in [0.25, 0.3) is 5.41 Å². The second-order valence-corrected chi connectivity index (χ2v) is 11.4. The molecule has 2 rings (SSSR count). The van der Waals surface area contributed by atoms with Crippen LogP contribution in [0.3, 0.4) is 0 Å². The smallest absolute Gasteiger partial charge is 0.779 e. The standard InChI is InChI=1S/C10H13N.C10H12.2CHF3O3S.Mo/c1-10(2,3)8-6-4-5-7-9(8)11;1-10(2,3)9-7-5-4-6-8-9;2*2-1(3,4)8(5,6)7;/h4-7H,1-3H3;1,4-8H,2-3H3;2*(H,5,6,7);/q;;;;+2/p-2. The fourth-order valence-corrected chi connectivity index (χ4v) is 1.98. The summed E-state index contributed by atoms with van der Waals surface area (Å²) in [6.07, 6.45) is 7.46. The van der Waals surface area contributed by atoms with Crippen LogP contribution in [-0.4, -0.2) is 42.7 Å². The summed E-state index contributed by atoms with van der Waals surface area (Å²) in [5, 5.41) is 9.45. The predicted octanol–water partition coefficient (Wildman–Crippen LogP) is 5.52. The molecule has 2 radical (unpaired) electrons. The van der Waals surface area contributed by atoms with Gasteiger partial charge in [0.15, 0.2) is 20.2 Å². The van der Waals surface area contributed by atoms with E-state index in [2.05, 4.69) is 20.8 Å². The Hall–Kier alpha value is -1.67. The van der Waals surface area contributed by atoms with E-state index in [0.29, 0.717) is 5.71 Å². The quantitative estimate of drug-likeness (QED) is 0.127. The van der Waals surface area contributed by atoms with Crippen LogP contribution in [0.5, 0.6) is 0 Å². The maximum atomic E-state index is 10.7. The summed E-state index contributed by atoms with van der Waals surface area (Å²) in [5.74, 6) is 0. The Balaban J connectivity index is -0.000000431. The summed E-state index contributed by atoms with van der Waals surface area (Å²) < 4.78 is 118. The van der Waals surface area contributed by atoms with E-state index in [1.807, 2.05) is 62.8 Å². The molecule has 1 aromatic rings. The summed E-state index contributed by atoms with van der Waals surface area (Å²) in [6.45, 7) is 16.1. The van der Waals surface area contributed by atoms with E-state index >= 15 is 0 Å². The van der Waals surface area contributed by atoms with E-state index in [-0.39, 0.29) is 31.9 Å². The minimum absolute atomic E-state index is 0. The molecule has 0 N–H and O–H groups in total. The largest absolute Gasteiger partial charge is 2.00 e. The van der Waals surface area contributed by atoms with Gasteiger partial charge in [0.2, 0.25) is 0 Å². The Morgan fingerprint density at radius 2 is 1.16 bits per heavy atom. The van der Waals surface area contributed by atoms with Gasteiger partial charge in [-0.1, -0.05) is 44.2 Å². The molecular formula is C22H25F6MoNO6S2. The predicted molar refractivity (Wildman–Crippen MR) is 125 cm³/mol. The van der Waals surface area contributed by atoms with Gasteiger partial charge < -0.3 is 14.5 Å². The molecule has 214 valence electrons. The summed E-state index contributed by atoms with van der Waals surface area (Å²) in [7, 11) is -12.2. The zero-order valence-electron chi connectivity index (χ0n) is 20.7. The second-order valence-electron chi connectivity index (χ2n) is 8.65. The number of hydrogen-bond acceptors (Lipinski definition) is 6. The van der Waals surface area contributed by atoms with Crippen molar-refractivity contribution in [1.29, 1.82) is 0 Å². The Kier molecular flexibility index (Phi) is 16.3. The molecule has 1 aliphatic rings. The fraction of sp³-hybridized carbons (Fsp3) is 0.409. The van der Waals surface area contributed by atoms with Crippen LogP contribution >= 0.6 is 0 Å². The van der Waals surface area contributed by atoms with Crippen molar-refractivity contribution in [3.63, 3.8) is 0 Å². The van der Waals surface area contributed by atoms with Gasteiger partial charge in [-0.05, 0) is 44.4 Å². The third kappa shape index (κ3) is 17.0. The van der Waals surface area contributed by atoms with Crippen LogP contribution in [0, 0.1) is 18.8 Å². The van der Waals surface area contributed by atoms with E-state index < -0.39 is 31.3 Å². The summed E-state index contributed by atoms with van der Waals surface area (Å²) in [4.78, 5) is 0. The van der Waals surface area contributed by atoms with Crippen LogP contribution in [0.15, 0.2) is 54.1 Å². The number of alkyl halides is 6. The van der Waals surface area contributed by atoms with Crippen molar-refractivity contribution in [2.45, 2.75) is 51.1 Å². The molecule has 1 aliphatic carbocycles. The van der Waals surface area contributed by atoms with E-state index in [4.69, 9.17) is 32.9 Å². The minimum Gasteiger partial charge on any atom is -0.779 e. The van der Waals surface area contributed by atoms with Gasteiger partial charge in [-0.2, -0.15) is 26.3 Å².